The van der Waals surface area contributed by atoms with Gasteiger partial charge in [-0.15, -0.1) is 0 Å². The minimum atomic E-state index is -0.0388. The number of likely N-dealkylation sites (tertiary alicyclic amines) is 1. The second-order valence-corrected chi connectivity index (χ2v) is 3.73. The van der Waals surface area contributed by atoms with Crippen LogP contribution < -0.4 is 5.73 Å². The van der Waals surface area contributed by atoms with Gasteiger partial charge in [0.1, 0.15) is 5.60 Å². The van der Waals surface area contributed by atoms with Crippen molar-refractivity contribution >= 4 is 0 Å². The second-order valence-electron chi connectivity index (χ2n) is 3.73. The maximum Gasteiger partial charge on any atom is 0.106 e. The van der Waals surface area contributed by atoms with E-state index in [4.69, 9.17) is 10.5 Å². The van der Waals surface area contributed by atoms with Crippen molar-refractivity contribution in [2.24, 2.45) is 5.73 Å². The summed E-state index contributed by atoms with van der Waals surface area (Å²) in [6, 6.07) is 0. The molecule has 1 aliphatic heterocycles. The summed E-state index contributed by atoms with van der Waals surface area (Å²) >= 11 is 0. The van der Waals surface area contributed by atoms with Gasteiger partial charge in [0, 0.05) is 19.6 Å². The average Bonchev–Trinajstić information content (AvgIpc) is 1.82. The highest BCUT2D eigenvalue weighted by Crippen LogP contribution is 2.23. The van der Waals surface area contributed by atoms with Crippen LogP contribution in [-0.2, 0) is 4.74 Å². The third kappa shape index (κ3) is 1.92. The summed E-state index contributed by atoms with van der Waals surface area (Å²) in [6.45, 7) is 6.68. The Labute approximate surface area is 68.5 Å². The summed E-state index contributed by atoms with van der Waals surface area (Å²) in [7, 11) is 2.08. The Bertz CT molecular complexity index is 130. The molecule has 3 nitrogen and oxygen atoms in total. The third-order valence-corrected chi connectivity index (χ3v) is 1.97. The van der Waals surface area contributed by atoms with Crippen LogP contribution in [0.3, 0.4) is 0 Å². The topological polar surface area (TPSA) is 38.5 Å². The summed E-state index contributed by atoms with van der Waals surface area (Å²) in [4.78, 5) is 2.22. The van der Waals surface area contributed by atoms with Crippen LogP contribution in [0.4, 0.5) is 0 Å². The summed E-state index contributed by atoms with van der Waals surface area (Å²) in [5, 5.41) is 0. The minimum absolute atomic E-state index is 0.0388. The molecule has 0 radical (unpaired) electrons. The molecule has 1 fully saturated rings. The average molecular weight is 158 g/mol. The first-order valence-corrected chi connectivity index (χ1v) is 4.14. The van der Waals surface area contributed by atoms with Gasteiger partial charge in [-0.25, -0.2) is 0 Å². The molecule has 0 spiro atoms. The van der Waals surface area contributed by atoms with Crippen LogP contribution in [0.5, 0.6) is 0 Å². The van der Waals surface area contributed by atoms with Gasteiger partial charge in [0.25, 0.3) is 0 Å². The largest absolute Gasteiger partial charge is 0.368 e. The van der Waals surface area contributed by atoms with E-state index < -0.39 is 0 Å². The number of hydrogen-bond acceptors (Lipinski definition) is 3. The molecule has 0 aliphatic carbocycles. The van der Waals surface area contributed by atoms with Crippen molar-refractivity contribution in [1.29, 1.82) is 0 Å². The van der Waals surface area contributed by atoms with Crippen molar-refractivity contribution < 1.29 is 4.74 Å². The van der Waals surface area contributed by atoms with Crippen LogP contribution in [0.15, 0.2) is 0 Å². The van der Waals surface area contributed by atoms with Crippen molar-refractivity contribution in [3.8, 4) is 0 Å². The fourth-order valence-electron chi connectivity index (χ4n) is 1.69. The number of nitrogens with zero attached hydrogens (tertiary/aromatic N) is 1. The van der Waals surface area contributed by atoms with Gasteiger partial charge in [0.15, 0.2) is 0 Å². The Kier molecular flexibility index (Phi) is 2.52. The van der Waals surface area contributed by atoms with Gasteiger partial charge in [-0.2, -0.15) is 0 Å². The van der Waals surface area contributed by atoms with E-state index in [1.807, 2.05) is 0 Å². The van der Waals surface area contributed by atoms with E-state index in [9.17, 15) is 0 Å². The minimum Gasteiger partial charge on any atom is -0.368 e. The quantitative estimate of drug-likeness (QED) is 0.631. The van der Waals surface area contributed by atoms with Gasteiger partial charge in [-0.05, 0) is 20.9 Å². The molecule has 11 heavy (non-hydrogen) atoms. The second kappa shape index (κ2) is 3.09. The molecule has 0 aromatic heterocycles. The van der Waals surface area contributed by atoms with Crippen molar-refractivity contribution in [1.82, 2.24) is 4.90 Å². The molecule has 2 N–H and O–H groups in total. The molecule has 0 atom stereocenters. The van der Waals surface area contributed by atoms with Gasteiger partial charge in [-0.3, -0.25) is 0 Å². The predicted molar refractivity (Wildman–Crippen MR) is 45.5 cm³/mol. The van der Waals surface area contributed by atoms with E-state index in [-0.39, 0.29) is 11.7 Å². The van der Waals surface area contributed by atoms with E-state index in [1.54, 1.807) is 0 Å². The molecule has 3 heteroatoms. The number of ether oxygens (including phenoxy) is 1. The molecule has 1 heterocycles. The highest BCUT2D eigenvalue weighted by molar-refractivity contribution is 4.97. The van der Waals surface area contributed by atoms with Gasteiger partial charge in [-0.1, -0.05) is 0 Å². The molecule has 1 rings (SSSR count). The van der Waals surface area contributed by atoms with Crippen molar-refractivity contribution in [2.45, 2.75) is 25.6 Å². The van der Waals surface area contributed by atoms with Crippen LogP contribution in [0.25, 0.3) is 0 Å². The third-order valence-electron chi connectivity index (χ3n) is 1.97. The first-order valence-electron chi connectivity index (χ1n) is 4.14. The summed E-state index contributed by atoms with van der Waals surface area (Å²) in [5.41, 5.74) is 5.59. The van der Waals surface area contributed by atoms with E-state index >= 15 is 0 Å². The van der Waals surface area contributed by atoms with Gasteiger partial charge < -0.3 is 15.4 Å². The SMILES string of the molecule is CC(C)OC1(CN)CN(C)C1. The van der Waals surface area contributed by atoms with Gasteiger partial charge in [0.05, 0.1) is 6.10 Å². The molecular weight excluding hydrogens is 140 g/mol. The van der Waals surface area contributed by atoms with Crippen molar-refractivity contribution in [3.63, 3.8) is 0 Å². The number of likely N-dealkylation sites (N-methyl/N-ethyl adjacent to an activating group) is 1. The van der Waals surface area contributed by atoms with Gasteiger partial charge in [0.2, 0.25) is 0 Å². The first-order chi connectivity index (χ1) is 5.08. The monoisotopic (exact) mass is 158 g/mol. The Morgan fingerprint density at radius 1 is 1.55 bits per heavy atom. The van der Waals surface area contributed by atoms with Crippen molar-refractivity contribution in [2.75, 3.05) is 26.7 Å². The lowest BCUT2D eigenvalue weighted by molar-refractivity contribution is -0.152. The maximum absolute atomic E-state index is 5.73. The normalized spacial score (nSPS) is 23.7. The lowest BCUT2D eigenvalue weighted by Gasteiger charge is -2.48. The maximum atomic E-state index is 5.73. The number of rotatable bonds is 3. The van der Waals surface area contributed by atoms with Gasteiger partial charge >= 0.3 is 0 Å². The molecule has 0 unspecified atom stereocenters. The van der Waals surface area contributed by atoms with Crippen LogP contribution in [0.1, 0.15) is 13.8 Å². The van der Waals surface area contributed by atoms with Crippen LogP contribution in [0, 0.1) is 0 Å². The Morgan fingerprint density at radius 3 is 2.36 bits per heavy atom. The molecule has 0 amide bonds. The standard InChI is InChI=1S/C8H18N2O/c1-7(2)11-8(4-9)5-10(3)6-8/h7H,4-6,9H2,1-3H3. The summed E-state index contributed by atoms with van der Waals surface area (Å²) in [5.74, 6) is 0. The fraction of sp³-hybridized carbons (Fsp3) is 1.00. The smallest absolute Gasteiger partial charge is 0.106 e. The summed E-state index contributed by atoms with van der Waals surface area (Å²) < 4.78 is 5.73. The molecule has 0 aromatic rings. The van der Waals surface area contributed by atoms with Crippen LogP contribution >= 0.6 is 0 Å². The van der Waals surface area contributed by atoms with E-state index in [0.29, 0.717) is 6.54 Å². The Balaban J connectivity index is 2.38. The highest BCUT2D eigenvalue weighted by Gasteiger charge is 2.41. The Morgan fingerprint density at radius 2 is 2.09 bits per heavy atom. The zero-order valence-corrected chi connectivity index (χ0v) is 7.63. The first kappa shape index (κ1) is 8.97. The van der Waals surface area contributed by atoms with E-state index in [0.717, 1.165) is 13.1 Å². The van der Waals surface area contributed by atoms with E-state index in [2.05, 4.69) is 25.8 Å². The molecule has 66 valence electrons. The zero-order chi connectivity index (χ0) is 8.48. The molecule has 1 saturated heterocycles. The molecule has 1 aliphatic rings. The number of hydrogen-bond donors (Lipinski definition) is 1. The molecule has 0 aromatic carbocycles. The van der Waals surface area contributed by atoms with E-state index in [1.165, 1.54) is 0 Å². The molecule has 0 bridgehead atoms. The molecular formula is C8H18N2O. The van der Waals surface area contributed by atoms with Crippen LogP contribution in [-0.4, -0.2) is 43.3 Å². The summed E-state index contributed by atoms with van der Waals surface area (Å²) in [6.07, 6.45) is 0.284. The lowest BCUT2D eigenvalue weighted by atomic mass is 9.94. The predicted octanol–water partition coefficient (Wildman–Crippen LogP) is 0.0543. The number of nitrogens with two attached hydrogens (primary N) is 1. The Hall–Kier alpha value is -0.120. The zero-order valence-electron chi connectivity index (χ0n) is 7.63. The highest BCUT2D eigenvalue weighted by atomic mass is 16.5. The lowest BCUT2D eigenvalue weighted by Crippen LogP contribution is -2.65. The van der Waals surface area contributed by atoms with Crippen LogP contribution in [0.2, 0.25) is 0 Å². The molecule has 0 saturated carbocycles. The fourth-order valence-corrected chi connectivity index (χ4v) is 1.69. The van der Waals surface area contributed by atoms with Crippen molar-refractivity contribution in [3.05, 3.63) is 0 Å².